The zero-order valence-electron chi connectivity index (χ0n) is 16.8. The molecule has 0 aliphatic heterocycles. The quantitative estimate of drug-likeness (QED) is 0.629. The van der Waals surface area contributed by atoms with Crippen LogP contribution in [0.3, 0.4) is 0 Å². The third kappa shape index (κ3) is 4.77. The molecule has 7 nitrogen and oxygen atoms in total. The molecule has 0 radical (unpaired) electrons. The SMILES string of the molecule is O=C(NC1CCCCC1)[C@H](c1cccnc1)N(C(=O)c1csnn1)c1ccccc1F. The number of nitrogens with one attached hydrogen (secondary N) is 1. The molecule has 4 rings (SSSR count). The van der Waals surface area contributed by atoms with Crippen molar-refractivity contribution >= 4 is 29.0 Å². The summed E-state index contributed by atoms with van der Waals surface area (Å²) in [5.74, 6) is -1.59. The fraction of sp³-hybridized carbons (Fsp3) is 0.318. The van der Waals surface area contributed by atoms with Gasteiger partial charge in [0.1, 0.15) is 11.9 Å². The molecule has 0 bridgehead atoms. The minimum Gasteiger partial charge on any atom is -0.351 e. The maximum Gasteiger partial charge on any atom is 0.280 e. The van der Waals surface area contributed by atoms with Crippen molar-refractivity contribution in [1.29, 1.82) is 0 Å². The lowest BCUT2D eigenvalue weighted by molar-refractivity contribution is -0.123. The van der Waals surface area contributed by atoms with Gasteiger partial charge in [0.25, 0.3) is 5.91 Å². The van der Waals surface area contributed by atoms with E-state index in [9.17, 15) is 14.0 Å². The Kier molecular flexibility index (Phi) is 6.61. The summed E-state index contributed by atoms with van der Waals surface area (Å²) in [6.45, 7) is 0. The average molecular weight is 440 g/mol. The highest BCUT2D eigenvalue weighted by atomic mass is 32.1. The molecule has 1 atom stereocenters. The number of amides is 2. The van der Waals surface area contributed by atoms with Crippen LogP contribution in [0.2, 0.25) is 0 Å². The second-order valence-corrected chi connectivity index (χ2v) is 8.06. The molecule has 1 aliphatic rings. The normalized spacial score (nSPS) is 15.3. The topological polar surface area (TPSA) is 88.1 Å². The Bertz CT molecular complexity index is 1030. The first-order chi connectivity index (χ1) is 15.1. The largest absolute Gasteiger partial charge is 0.351 e. The number of benzene rings is 1. The Hall–Kier alpha value is -3.20. The summed E-state index contributed by atoms with van der Waals surface area (Å²) in [6.07, 6.45) is 8.11. The smallest absolute Gasteiger partial charge is 0.280 e. The van der Waals surface area contributed by atoms with Gasteiger partial charge in [-0.3, -0.25) is 19.5 Å². The zero-order valence-corrected chi connectivity index (χ0v) is 17.6. The van der Waals surface area contributed by atoms with Gasteiger partial charge in [-0.05, 0) is 42.6 Å². The van der Waals surface area contributed by atoms with E-state index in [4.69, 9.17) is 0 Å². The minimum absolute atomic E-state index is 0.00635. The van der Waals surface area contributed by atoms with Crippen molar-refractivity contribution in [3.63, 3.8) is 0 Å². The predicted molar refractivity (Wildman–Crippen MR) is 115 cm³/mol. The second kappa shape index (κ2) is 9.74. The molecule has 0 saturated heterocycles. The third-order valence-corrected chi connectivity index (χ3v) is 5.87. The van der Waals surface area contributed by atoms with Gasteiger partial charge in [0, 0.05) is 29.4 Å². The molecule has 9 heteroatoms. The summed E-state index contributed by atoms with van der Waals surface area (Å²) in [5, 5.41) is 8.40. The van der Waals surface area contributed by atoms with Gasteiger partial charge < -0.3 is 5.32 Å². The van der Waals surface area contributed by atoms with Crippen LogP contribution in [-0.2, 0) is 4.79 Å². The van der Waals surface area contributed by atoms with Gasteiger partial charge in [-0.1, -0.05) is 41.9 Å². The predicted octanol–water partition coefficient (Wildman–Crippen LogP) is 3.91. The van der Waals surface area contributed by atoms with Crippen LogP contribution < -0.4 is 10.2 Å². The van der Waals surface area contributed by atoms with E-state index in [1.165, 1.54) is 29.8 Å². The van der Waals surface area contributed by atoms with Crippen LogP contribution in [0.4, 0.5) is 10.1 Å². The van der Waals surface area contributed by atoms with Gasteiger partial charge in [0.2, 0.25) is 5.91 Å². The molecular formula is C22H22FN5O2S. The molecule has 0 unspecified atom stereocenters. The van der Waals surface area contributed by atoms with Crippen LogP contribution in [0.15, 0.2) is 54.2 Å². The van der Waals surface area contributed by atoms with E-state index in [-0.39, 0.29) is 23.3 Å². The van der Waals surface area contributed by atoms with Gasteiger partial charge in [0.05, 0.1) is 5.69 Å². The number of anilines is 1. The molecule has 2 aromatic heterocycles. The van der Waals surface area contributed by atoms with E-state index < -0.39 is 17.8 Å². The van der Waals surface area contributed by atoms with Crippen LogP contribution in [0.25, 0.3) is 0 Å². The van der Waals surface area contributed by atoms with Crippen LogP contribution in [-0.4, -0.2) is 32.4 Å². The second-order valence-electron chi connectivity index (χ2n) is 7.45. The molecule has 31 heavy (non-hydrogen) atoms. The Balaban J connectivity index is 1.78. The first-order valence-electron chi connectivity index (χ1n) is 10.2. The van der Waals surface area contributed by atoms with Crippen molar-refractivity contribution in [3.05, 3.63) is 71.2 Å². The highest BCUT2D eigenvalue weighted by molar-refractivity contribution is 7.03. The van der Waals surface area contributed by atoms with E-state index in [2.05, 4.69) is 19.9 Å². The van der Waals surface area contributed by atoms with Crippen molar-refractivity contribution in [2.24, 2.45) is 0 Å². The van der Waals surface area contributed by atoms with Gasteiger partial charge in [-0.25, -0.2) is 4.39 Å². The molecule has 1 aliphatic carbocycles. The molecule has 160 valence electrons. The summed E-state index contributed by atoms with van der Waals surface area (Å²) < 4.78 is 18.6. The van der Waals surface area contributed by atoms with Crippen LogP contribution in [0.5, 0.6) is 0 Å². The molecule has 1 N–H and O–H groups in total. The molecule has 1 aromatic carbocycles. The fourth-order valence-electron chi connectivity index (χ4n) is 3.88. The molecule has 1 fully saturated rings. The molecule has 3 aromatic rings. The van der Waals surface area contributed by atoms with Crippen LogP contribution in [0, 0.1) is 5.82 Å². The van der Waals surface area contributed by atoms with Crippen LogP contribution in [0.1, 0.15) is 54.2 Å². The summed E-state index contributed by atoms with van der Waals surface area (Å²) in [6, 6.07) is 8.20. The molecule has 2 heterocycles. The molecule has 1 saturated carbocycles. The highest BCUT2D eigenvalue weighted by Gasteiger charge is 2.36. The molecule has 2 amide bonds. The lowest BCUT2D eigenvalue weighted by atomic mass is 9.94. The summed E-state index contributed by atoms with van der Waals surface area (Å²) in [4.78, 5) is 32.2. The van der Waals surface area contributed by atoms with Crippen LogP contribution >= 0.6 is 11.5 Å². The van der Waals surface area contributed by atoms with Gasteiger partial charge >= 0.3 is 0 Å². The summed E-state index contributed by atoms with van der Waals surface area (Å²) in [5.41, 5.74) is 0.524. The molecular weight excluding hydrogens is 417 g/mol. The number of aromatic nitrogens is 3. The van der Waals surface area contributed by atoms with Gasteiger partial charge in [0.15, 0.2) is 5.69 Å². The lowest BCUT2D eigenvalue weighted by Gasteiger charge is -2.33. The highest BCUT2D eigenvalue weighted by Crippen LogP contribution is 2.31. The Morgan fingerprint density at radius 3 is 2.61 bits per heavy atom. The maximum absolute atomic E-state index is 14.9. The van der Waals surface area contributed by atoms with E-state index in [0.717, 1.165) is 48.5 Å². The number of pyridine rings is 1. The summed E-state index contributed by atoms with van der Waals surface area (Å²) >= 11 is 1.01. The fourth-order valence-corrected chi connectivity index (χ4v) is 4.31. The van der Waals surface area contributed by atoms with Crippen molar-refractivity contribution in [3.8, 4) is 0 Å². The number of halogens is 1. The van der Waals surface area contributed by atoms with E-state index >= 15 is 0 Å². The number of hydrogen-bond donors (Lipinski definition) is 1. The average Bonchev–Trinajstić information content (AvgIpc) is 3.34. The van der Waals surface area contributed by atoms with Crippen molar-refractivity contribution in [2.75, 3.05) is 4.90 Å². The van der Waals surface area contributed by atoms with Crippen molar-refractivity contribution in [1.82, 2.24) is 19.9 Å². The number of carbonyl (C=O) groups is 2. The lowest BCUT2D eigenvalue weighted by Crippen LogP contribution is -2.47. The third-order valence-electron chi connectivity index (χ3n) is 5.37. The van der Waals surface area contributed by atoms with Crippen molar-refractivity contribution in [2.45, 2.75) is 44.2 Å². The number of para-hydroxylation sites is 1. The standard InChI is InChI=1S/C22H22FN5O2S/c23-17-10-4-5-11-19(17)28(22(30)18-14-31-27-26-18)20(15-7-6-12-24-13-15)21(29)25-16-8-2-1-3-9-16/h4-7,10-14,16,20H,1-3,8-9H2,(H,25,29)/t20-/m0/s1. The number of carbonyl (C=O) groups excluding carboxylic acids is 2. The maximum atomic E-state index is 14.9. The Morgan fingerprint density at radius 1 is 1.13 bits per heavy atom. The van der Waals surface area contributed by atoms with E-state index in [1.54, 1.807) is 24.4 Å². The van der Waals surface area contributed by atoms with E-state index in [0.29, 0.717) is 5.56 Å². The van der Waals surface area contributed by atoms with Gasteiger partial charge in [-0.15, -0.1) is 5.10 Å². The van der Waals surface area contributed by atoms with Crippen molar-refractivity contribution < 1.29 is 14.0 Å². The first kappa shape index (κ1) is 21.0. The molecule has 0 spiro atoms. The van der Waals surface area contributed by atoms with Gasteiger partial charge in [-0.2, -0.15) is 0 Å². The number of nitrogens with zero attached hydrogens (tertiary/aromatic N) is 4. The Morgan fingerprint density at radius 2 is 1.94 bits per heavy atom. The number of rotatable bonds is 6. The zero-order chi connectivity index (χ0) is 21.6. The first-order valence-corrected chi connectivity index (χ1v) is 11.0. The number of hydrogen-bond acceptors (Lipinski definition) is 6. The van der Waals surface area contributed by atoms with E-state index in [1.807, 2.05) is 0 Å². The summed E-state index contributed by atoms with van der Waals surface area (Å²) in [7, 11) is 0. The Labute approximate surface area is 183 Å². The monoisotopic (exact) mass is 439 g/mol. The minimum atomic E-state index is -1.11.